The highest BCUT2D eigenvalue weighted by Gasteiger charge is 2.18. The van der Waals surface area contributed by atoms with Crippen molar-refractivity contribution in [2.75, 3.05) is 5.32 Å². The van der Waals surface area contributed by atoms with Crippen LogP contribution in [0.1, 0.15) is 6.92 Å². The van der Waals surface area contributed by atoms with Gasteiger partial charge in [0, 0.05) is 17.2 Å². The van der Waals surface area contributed by atoms with Crippen LogP contribution in [0.5, 0.6) is 5.75 Å². The van der Waals surface area contributed by atoms with Gasteiger partial charge in [-0.3, -0.25) is 14.9 Å². The molecule has 0 aromatic heterocycles. The molecule has 0 fully saturated rings. The van der Waals surface area contributed by atoms with Crippen LogP contribution in [-0.4, -0.2) is 16.9 Å². The summed E-state index contributed by atoms with van der Waals surface area (Å²) in [6, 6.07) is 8.28. The molecule has 126 valence electrons. The van der Waals surface area contributed by atoms with Gasteiger partial charge in [0.15, 0.2) is 6.10 Å². The van der Waals surface area contributed by atoms with Gasteiger partial charge in [0.2, 0.25) is 0 Å². The summed E-state index contributed by atoms with van der Waals surface area (Å²) in [4.78, 5) is 22.3. The number of benzene rings is 2. The molecule has 0 aliphatic rings. The number of nitrogens with one attached hydrogen (secondary N) is 1. The van der Waals surface area contributed by atoms with Crippen molar-refractivity contribution in [3.8, 4) is 5.75 Å². The zero-order valence-electron chi connectivity index (χ0n) is 12.3. The number of ether oxygens (including phenoxy) is 1. The van der Waals surface area contributed by atoms with Crippen molar-refractivity contribution < 1.29 is 14.5 Å². The van der Waals surface area contributed by atoms with Crippen molar-refractivity contribution in [2.45, 2.75) is 13.0 Å². The van der Waals surface area contributed by atoms with Crippen LogP contribution < -0.4 is 10.1 Å². The van der Waals surface area contributed by atoms with Gasteiger partial charge >= 0.3 is 0 Å². The zero-order valence-corrected chi connectivity index (χ0v) is 14.5. The van der Waals surface area contributed by atoms with Crippen molar-refractivity contribution in [2.24, 2.45) is 0 Å². The van der Waals surface area contributed by atoms with Gasteiger partial charge in [0.05, 0.1) is 20.7 Å². The molecule has 1 amide bonds. The third kappa shape index (κ3) is 4.50. The van der Waals surface area contributed by atoms with Gasteiger partial charge in [0.25, 0.3) is 11.6 Å². The lowest BCUT2D eigenvalue weighted by atomic mass is 10.2. The normalized spacial score (nSPS) is 11.7. The number of nitro groups is 1. The van der Waals surface area contributed by atoms with Crippen molar-refractivity contribution in [1.82, 2.24) is 0 Å². The second-order valence-corrected chi connectivity index (χ2v) is 6.00. The fourth-order valence-corrected chi connectivity index (χ4v) is 2.70. The molecule has 1 N–H and O–H groups in total. The summed E-state index contributed by atoms with van der Waals surface area (Å²) in [5.74, 6) is -0.170. The van der Waals surface area contributed by atoms with Crippen molar-refractivity contribution in [1.29, 1.82) is 0 Å². The van der Waals surface area contributed by atoms with Gasteiger partial charge in [-0.05, 0) is 31.2 Å². The van der Waals surface area contributed by atoms with E-state index in [1.165, 1.54) is 43.3 Å². The van der Waals surface area contributed by atoms with Crippen molar-refractivity contribution >= 4 is 52.1 Å². The average Bonchev–Trinajstić information content (AvgIpc) is 2.51. The first kappa shape index (κ1) is 18.3. The molecule has 2 rings (SSSR count). The predicted octanol–water partition coefficient (Wildman–Crippen LogP) is 4.96. The Morgan fingerprint density at radius 2 is 1.71 bits per heavy atom. The second-order valence-electron chi connectivity index (χ2n) is 4.74. The molecule has 0 bridgehead atoms. The summed E-state index contributed by atoms with van der Waals surface area (Å²) in [6.07, 6.45) is -0.880. The molecule has 0 spiro atoms. The molecule has 0 unspecified atom stereocenters. The van der Waals surface area contributed by atoms with Gasteiger partial charge in [-0.1, -0.05) is 34.8 Å². The minimum absolute atomic E-state index is 0.0702. The summed E-state index contributed by atoms with van der Waals surface area (Å²) in [5, 5.41) is 13.9. The minimum Gasteiger partial charge on any atom is -0.481 e. The molecule has 24 heavy (non-hydrogen) atoms. The van der Waals surface area contributed by atoms with Gasteiger partial charge in [-0.2, -0.15) is 0 Å². The standard InChI is InChI=1S/C15H11Cl3N2O4/c1-8(24-11-4-2-10(3-5-11)20(22)23)15(21)19-14-12(17)6-9(16)7-13(14)18/h2-8H,1H3,(H,19,21)/t8-/m0/s1. The van der Waals surface area contributed by atoms with Gasteiger partial charge in [-0.25, -0.2) is 0 Å². The maximum atomic E-state index is 12.2. The topological polar surface area (TPSA) is 81.5 Å². The molecular formula is C15H11Cl3N2O4. The molecule has 0 aliphatic carbocycles. The lowest BCUT2D eigenvalue weighted by Crippen LogP contribution is -2.30. The van der Waals surface area contributed by atoms with Crippen molar-refractivity contribution in [3.63, 3.8) is 0 Å². The van der Waals surface area contributed by atoms with Gasteiger partial charge in [-0.15, -0.1) is 0 Å². The molecule has 0 heterocycles. The van der Waals surface area contributed by atoms with Gasteiger partial charge in [0.1, 0.15) is 5.75 Å². The van der Waals surface area contributed by atoms with Gasteiger partial charge < -0.3 is 10.1 Å². The van der Waals surface area contributed by atoms with E-state index < -0.39 is 16.9 Å². The highest BCUT2D eigenvalue weighted by Crippen LogP contribution is 2.33. The highest BCUT2D eigenvalue weighted by atomic mass is 35.5. The lowest BCUT2D eigenvalue weighted by molar-refractivity contribution is -0.384. The molecule has 0 saturated carbocycles. The monoisotopic (exact) mass is 388 g/mol. The lowest BCUT2D eigenvalue weighted by Gasteiger charge is -2.16. The Morgan fingerprint density at radius 1 is 1.17 bits per heavy atom. The largest absolute Gasteiger partial charge is 0.481 e. The fourth-order valence-electron chi connectivity index (χ4n) is 1.79. The Bertz CT molecular complexity index is 758. The van der Waals surface area contributed by atoms with E-state index in [0.29, 0.717) is 10.8 Å². The number of rotatable bonds is 5. The number of carbonyl (C=O) groups excluding carboxylic acids is 1. The van der Waals surface area contributed by atoms with E-state index in [9.17, 15) is 14.9 Å². The predicted molar refractivity (Wildman–Crippen MR) is 93.3 cm³/mol. The SMILES string of the molecule is C[C@H](Oc1ccc([N+](=O)[O-])cc1)C(=O)Nc1c(Cl)cc(Cl)cc1Cl. The summed E-state index contributed by atoms with van der Waals surface area (Å²) < 4.78 is 5.44. The van der Waals surface area contributed by atoms with E-state index in [1.54, 1.807) is 0 Å². The molecule has 2 aromatic rings. The van der Waals surface area contributed by atoms with Crippen LogP contribution in [0.3, 0.4) is 0 Å². The number of anilines is 1. The Labute approximate surface area is 152 Å². The first-order valence-corrected chi connectivity index (χ1v) is 7.78. The molecule has 2 aromatic carbocycles. The minimum atomic E-state index is -0.880. The van der Waals surface area contributed by atoms with E-state index in [0.717, 1.165) is 0 Å². The average molecular weight is 390 g/mol. The summed E-state index contributed by atoms with van der Waals surface area (Å²) in [6.45, 7) is 1.52. The van der Waals surface area contributed by atoms with E-state index in [4.69, 9.17) is 39.5 Å². The van der Waals surface area contributed by atoms with E-state index in [-0.39, 0.29) is 21.4 Å². The number of hydrogen-bond donors (Lipinski definition) is 1. The van der Waals surface area contributed by atoms with Crippen LogP contribution in [-0.2, 0) is 4.79 Å². The molecule has 0 aliphatic heterocycles. The number of nitro benzene ring substituents is 1. The summed E-state index contributed by atoms with van der Waals surface area (Å²) >= 11 is 17.8. The smallest absolute Gasteiger partial charge is 0.269 e. The number of halogens is 3. The Hall–Kier alpha value is -2.02. The first-order valence-electron chi connectivity index (χ1n) is 6.64. The van der Waals surface area contributed by atoms with E-state index >= 15 is 0 Å². The first-order chi connectivity index (χ1) is 11.3. The Morgan fingerprint density at radius 3 is 2.21 bits per heavy atom. The number of hydrogen-bond acceptors (Lipinski definition) is 4. The maximum absolute atomic E-state index is 12.2. The molecule has 9 heteroatoms. The Kier molecular flexibility index (Phi) is 5.88. The summed E-state index contributed by atoms with van der Waals surface area (Å²) in [5.41, 5.74) is 0.158. The molecule has 0 saturated heterocycles. The number of non-ortho nitro benzene ring substituents is 1. The van der Waals surface area contributed by atoms with E-state index in [2.05, 4.69) is 5.32 Å². The van der Waals surface area contributed by atoms with Crippen LogP contribution in [0.2, 0.25) is 15.1 Å². The van der Waals surface area contributed by atoms with Crippen LogP contribution in [0.4, 0.5) is 11.4 Å². The van der Waals surface area contributed by atoms with E-state index in [1.807, 2.05) is 0 Å². The maximum Gasteiger partial charge on any atom is 0.269 e. The second kappa shape index (κ2) is 7.70. The van der Waals surface area contributed by atoms with Crippen LogP contribution in [0.15, 0.2) is 36.4 Å². The third-order valence-corrected chi connectivity index (χ3v) is 3.80. The number of nitrogens with zero attached hydrogens (tertiary/aromatic N) is 1. The molecular weight excluding hydrogens is 379 g/mol. The number of amides is 1. The molecule has 1 atom stereocenters. The highest BCUT2D eigenvalue weighted by molar-refractivity contribution is 6.42. The fraction of sp³-hybridized carbons (Fsp3) is 0.133. The quantitative estimate of drug-likeness (QED) is 0.579. The molecule has 0 radical (unpaired) electrons. The summed E-state index contributed by atoms with van der Waals surface area (Å²) in [7, 11) is 0. The number of carbonyl (C=O) groups is 1. The third-order valence-electron chi connectivity index (χ3n) is 2.98. The zero-order chi connectivity index (χ0) is 17.9. The molecule has 6 nitrogen and oxygen atoms in total. The van der Waals surface area contributed by atoms with Crippen LogP contribution in [0, 0.1) is 10.1 Å². The Balaban J connectivity index is 2.06. The van der Waals surface area contributed by atoms with Crippen LogP contribution in [0.25, 0.3) is 0 Å². The van der Waals surface area contributed by atoms with Crippen molar-refractivity contribution in [3.05, 3.63) is 61.6 Å². The van der Waals surface area contributed by atoms with Crippen LogP contribution >= 0.6 is 34.8 Å².